The molecule has 0 spiro atoms. The van der Waals surface area contributed by atoms with E-state index in [4.69, 9.17) is 25.8 Å². The summed E-state index contributed by atoms with van der Waals surface area (Å²) in [5.41, 5.74) is 1.87. The van der Waals surface area contributed by atoms with E-state index in [1.165, 1.54) is 0 Å². The zero-order valence-electron chi connectivity index (χ0n) is 13.1. The van der Waals surface area contributed by atoms with E-state index in [9.17, 15) is 5.26 Å². The second-order valence-electron chi connectivity index (χ2n) is 4.61. The van der Waals surface area contributed by atoms with E-state index in [1.54, 1.807) is 51.7 Å². The van der Waals surface area contributed by atoms with E-state index < -0.39 is 0 Å². The highest BCUT2D eigenvalue weighted by atomic mass is 35.5. The number of nitrogens with zero attached hydrogens (tertiary/aromatic N) is 1. The number of allylic oxidation sites excluding steroid dienone is 1. The Bertz CT molecular complexity index is 753. The highest BCUT2D eigenvalue weighted by Gasteiger charge is 2.13. The Kier molecular flexibility index (Phi) is 5.51. The van der Waals surface area contributed by atoms with Crippen molar-refractivity contribution in [3.8, 4) is 23.3 Å². The van der Waals surface area contributed by atoms with Crippen LogP contribution >= 0.6 is 11.6 Å². The Morgan fingerprint density at radius 2 is 1.65 bits per heavy atom. The van der Waals surface area contributed by atoms with Crippen LogP contribution in [0.25, 0.3) is 11.6 Å². The van der Waals surface area contributed by atoms with Crippen LogP contribution in [0.15, 0.2) is 36.4 Å². The molecule has 0 atom stereocenters. The van der Waals surface area contributed by atoms with Gasteiger partial charge < -0.3 is 14.2 Å². The maximum absolute atomic E-state index is 9.45. The highest BCUT2D eigenvalue weighted by molar-refractivity contribution is 6.32. The monoisotopic (exact) mass is 329 g/mol. The van der Waals surface area contributed by atoms with Crippen molar-refractivity contribution in [1.29, 1.82) is 5.26 Å². The quantitative estimate of drug-likeness (QED) is 0.601. The maximum Gasteiger partial charge on any atom is 0.203 e. The summed E-state index contributed by atoms with van der Waals surface area (Å²) in [6, 6.07) is 12.9. The van der Waals surface area contributed by atoms with E-state index in [0.717, 1.165) is 5.56 Å². The van der Waals surface area contributed by atoms with E-state index in [0.29, 0.717) is 33.4 Å². The molecular weight excluding hydrogens is 314 g/mol. The minimum Gasteiger partial charge on any atom is -0.493 e. The Hall–Kier alpha value is -2.64. The Morgan fingerprint density at radius 3 is 2.13 bits per heavy atom. The summed E-state index contributed by atoms with van der Waals surface area (Å²) in [6.45, 7) is 0. The minimum atomic E-state index is 0.449. The lowest BCUT2D eigenvalue weighted by Crippen LogP contribution is -1.95. The fourth-order valence-corrected chi connectivity index (χ4v) is 2.44. The van der Waals surface area contributed by atoms with Gasteiger partial charge in [-0.25, -0.2) is 0 Å². The molecule has 0 amide bonds. The number of hydrogen-bond donors (Lipinski definition) is 0. The zero-order valence-corrected chi connectivity index (χ0v) is 13.8. The molecule has 4 nitrogen and oxygen atoms in total. The standard InChI is InChI=1S/C18H16ClNO3/c1-21-16-9-12(10-17(22-2)18(16)23-3)8-13(11-20)14-6-4-5-7-15(14)19/h4-10H,1-3H3. The molecule has 0 N–H and O–H groups in total. The number of methoxy groups -OCH3 is 3. The molecule has 2 aromatic carbocycles. The molecule has 5 heteroatoms. The molecule has 0 aromatic heterocycles. The number of halogens is 1. The van der Waals surface area contributed by atoms with Crippen LogP contribution in [0.3, 0.4) is 0 Å². The van der Waals surface area contributed by atoms with Crippen LogP contribution in [0.4, 0.5) is 0 Å². The molecule has 118 valence electrons. The molecule has 0 saturated heterocycles. The minimum absolute atomic E-state index is 0.449. The van der Waals surface area contributed by atoms with Crippen LogP contribution < -0.4 is 14.2 Å². The molecule has 0 radical (unpaired) electrons. The molecule has 0 aliphatic heterocycles. The smallest absolute Gasteiger partial charge is 0.203 e. The Labute approximate surface area is 140 Å². The first-order valence-electron chi connectivity index (χ1n) is 6.81. The van der Waals surface area contributed by atoms with E-state index in [-0.39, 0.29) is 0 Å². The van der Waals surface area contributed by atoms with Crippen molar-refractivity contribution in [2.24, 2.45) is 0 Å². The molecule has 0 saturated carbocycles. The third-order valence-corrected chi connectivity index (χ3v) is 3.61. The second kappa shape index (κ2) is 7.57. The zero-order chi connectivity index (χ0) is 16.8. The van der Waals surface area contributed by atoms with Crippen LogP contribution in [0, 0.1) is 11.3 Å². The first-order chi connectivity index (χ1) is 11.1. The van der Waals surface area contributed by atoms with Crippen LogP contribution in [0.5, 0.6) is 17.2 Å². The normalized spacial score (nSPS) is 10.8. The Balaban J connectivity index is 2.57. The van der Waals surface area contributed by atoms with Crippen LogP contribution in [-0.4, -0.2) is 21.3 Å². The van der Waals surface area contributed by atoms with Crippen LogP contribution in [0.1, 0.15) is 11.1 Å². The third-order valence-electron chi connectivity index (χ3n) is 3.28. The van der Waals surface area contributed by atoms with Gasteiger partial charge in [-0.05, 0) is 29.8 Å². The first kappa shape index (κ1) is 16.7. The van der Waals surface area contributed by atoms with Gasteiger partial charge in [0.1, 0.15) is 0 Å². The SMILES string of the molecule is COc1cc(C=C(C#N)c2ccccc2Cl)cc(OC)c1OC. The van der Waals surface area contributed by atoms with E-state index >= 15 is 0 Å². The molecule has 0 aliphatic rings. The van der Waals surface area contributed by atoms with Crippen molar-refractivity contribution in [3.63, 3.8) is 0 Å². The lowest BCUT2D eigenvalue weighted by Gasteiger charge is -2.13. The van der Waals surface area contributed by atoms with Crippen molar-refractivity contribution in [1.82, 2.24) is 0 Å². The molecule has 2 aromatic rings. The van der Waals surface area contributed by atoms with Crippen molar-refractivity contribution < 1.29 is 14.2 Å². The van der Waals surface area contributed by atoms with Crippen molar-refractivity contribution in [2.45, 2.75) is 0 Å². The number of rotatable bonds is 5. The number of benzene rings is 2. The molecule has 23 heavy (non-hydrogen) atoms. The summed E-state index contributed by atoms with van der Waals surface area (Å²) >= 11 is 6.17. The average molecular weight is 330 g/mol. The lowest BCUT2D eigenvalue weighted by molar-refractivity contribution is 0.324. The summed E-state index contributed by atoms with van der Waals surface area (Å²) in [7, 11) is 4.63. The lowest BCUT2D eigenvalue weighted by atomic mass is 10.0. The Morgan fingerprint density at radius 1 is 1.04 bits per heavy atom. The number of hydrogen-bond acceptors (Lipinski definition) is 4. The topological polar surface area (TPSA) is 51.5 Å². The molecular formula is C18H16ClNO3. The summed E-state index contributed by atoms with van der Waals surface area (Å²) in [5.74, 6) is 1.55. The van der Waals surface area contributed by atoms with Crippen molar-refractivity contribution in [2.75, 3.05) is 21.3 Å². The third kappa shape index (κ3) is 3.58. The summed E-state index contributed by atoms with van der Waals surface area (Å²) in [4.78, 5) is 0. The van der Waals surface area contributed by atoms with Gasteiger partial charge in [-0.15, -0.1) is 0 Å². The molecule has 0 heterocycles. The van der Waals surface area contributed by atoms with Gasteiger partial charge in [0.15, 0.2) is 11.5 Å². The number of nitriles is 1. The van der Waals surface area contributed by atoms with Gasteiger partial charge in [0.05, 0.1) is 33.0 Å². The van der Waals surface area contributed by atoms with Gasteiger partial charge >= 0.3 is 0 Å². The van der Waals surface area contributed by atoms with E-state index in [2.05, 4.69) is 6.07 Å². The predicted molar refractivity (Wildman–Crippen MR) is 91.0 cm³/mol. The summed E-state index contributed by atoms with van der Waals surface area (Å²) < 4.78 is 15.9. The van der Waals surface area contributed by atoms with Gasteiger partial charge in [-0.2, -0.15) is 5.26 Å². The maximum atomic E-state index is 9.45. The average Bonchev–Trinajstić information content (AvgIpc) is 2.59. The van der Waals surface area contributed by atoms with Crippen molar-refractivity contribution in [3.05, 3.63) is 52.5 Å². The largest absolute Gasteiger partial charge is 0.493 e. The van der Waals surface area contributed by atoms with Gasteiger partial charge in [-0.1, -0.05) is 29.8 Å². The van der Waals surface area contributed by atoms with Gasteiger partial charge in [0.25, 0.3) is 0 Å². The van der Waals surface area contributed by atoms with Crippen molar-refractivity contribution >= 4 is 23.3 Å². The fourth-order valence-electron chi connectivity index (χ4n) is 2.20. The van der Waals surface area contributed by atoms with E-state index in [1.807, 2.05) is 12.1 Å². The predicted octanol–water partition coefficient (Wildman–Crippen LogP) is 4.43. The highest BCUT2D eigenvalue weighted by Crippen LogP contribution is 2.39. The fraction of sp³-hybridized carbons (Fsp3) is 0.167. The van der Waals surface area contributed by atoms with Gasteiger partial charge in [0, 0.05) is 10.6 Å². The molecule has 0 bridgehead atoms. The molecule has 0 aliphatic carbocycles. The van der Waals surface area contributed by atoms with Gasteiger partial charge in [0.2, 0.25) is 5.75 Å². The summed E-state index contributed by atoms with van der Waals surface area (Å²) in [6.07, 6.45) is 1.73. The molecule has 0 unspecified atom stereocenters. The molecule has 0 fully saturated rings. The van der Waals surface area contributed by atoms with Crippen LogP contribution in [-0.2, 0) is 0 Å². The number of ether oxygens (including phenoxy) is 3. The van der Waals surface area contributed by atoms with Gasteiger partial charge in [-0.3, -0.25) is 0 Å². The molecule has 2 rings (SSSR count). The first-order valence-corrected chi connectivity index (χ1v) is 7.19. The second-order valence-corrected chi connectivity index (χ2v) is 5.02. The van der Waals surface area contributed by atoms with Crippen LogP contribution in [0.2, 0.25) is 5.02 Å². The summed E-state index contributed by atoms with van der Waals surface area (Å²) in [5, 5.41) is 9.98.